The lowest BCUT2D eigenvalue weighted by atomic mass is 10.0. The number of aromatic amines is 1. The number of nitrogens with one attached hydrogen (secondary N) is 1. The van der Waals surface area contributed by atoms with Gasteiger partial charge in [0.2, 0.25) is 0 Å². The predicted molar refractivity (Wildman–Crippen MR) is 74.7 cm³/mol. The van der Waals surface area contributed by atoms with Crippen molar-refractivity contribution in [3.05, 3.63) is 65.6 Å². The van der Waals surface area contributed by atoms with Crippen LogP contribution in [0.3, 0.4) is 0 Å². The molecule has 2 aromatic carbocycles. The highest BCUT2D eigenvalue weighted by atomic mass is 19.1. The quantitative estimate of drug-likeness (QED) is 0.739. The van der Waals surface area contributed by atoms with Crippen molar-refractivity contribution in [2.24, 2.45) is 0 Å². The van der Waals surface area contributed by atoms with E-state index in [1.165, 1.54) is 19.2 Å². The minimum atomic E-state index is -0.369. The van der Waals surface area contributed by atoms with Gasteiger partial charge in [-0.25, -0.2) is 4.39 Å². The lowest BCUT2D eigenvalue weighted by Gasteiger charge is -2.06. The summed E-state index contributed by atoms with van der Waals surface area (Å²) in [6, 6.07) is 11.3. The maximum atomic E-state index is 13.4. The highest BCUT2D eigenvalue weighted by molar-refractivity contribution is 6.17. The largest absolute Gasteiger partial charge is 0.496 e. The number of halogens is 1. The van der Waals surface area contributed by atoms with Gasteiger partial charge in [0.15, 0.2) is 5.78 Å². The van der Waals surface area contributed by atoms with Gasteiger partial charge in [-0.15, -0.1) is 0 Å². The number of fused-ring (bicyclic) bond motifs is 1. The van der Waals surface area contributed by atoms with Crippen LogP contribution in [0.15, 0.2) is 48.7 Å². The zero-order valence-corrected chi connectivity index (χ0v) is 10.8. The van der Waals surface area contributed by atoms with Gasteiger partial charge in [0.05, 0.1) is 12.7 Å². The number of methoxy groups -OCH3 is 1. The van der Waals surface area contributed by atoms with Crippen molar-refractivity contribution in [3.63, 3.8) is 0 Å². The number of hydrogen-bond donors (Lipinski definition) is 1. The summed E-state index contributed by atoms with van der Waals surface area (Å²) < 4.78 is 18.6. The predicted octanol–water partition coefficient (Wildman–Crippen LogP) is 3.55. The van der Waals surface area contributed by atoms with Crippen LogP contribution < -0.4 is 4.74 Å². The van der Waals surface area contributed by atoms with E-state index in [-0.39, 0.29) is 11.6 Å². The van der Waals surface area contributed by atoms with Crippen LogP contribution in [0.25, 0.3) is 10.9 Å². The van der Waals surface area contributed by atoms with Gasteiger partial charge >= 0.3 is 0 Å². The number of H-pyrrole nitrogens is 1. The molecule has 0 saturated carbocycles. The topological polar surface area (TPSA) is 42.1 Å². The molecule has 20 heavy (non-hydrogen) atoms. The summed E-state index contributed by atoms with van der Waals surface area (Å²) in [5, 5.41) is 0.570. The lowest BCUT2D eigenvalue weighted by Crippen LogP contribution is -2.03. The number of hydrogen-bond acceptors (Lipinski definition) is 2. The number of para-hydroxylation sites is 1. The van der Waals surface area contributed by atoms with Crippen LogP contribution in [0.5, 0.6) is 5.75 Å². The van der Waals surface area contributed by atoms with Gasteiger partial charge in [0.25, 0.3) is 0 Å². The van der Waals surface area contributed by atoms with Crippen LogP contribution in [-0.4, -0.2) is 17.9 Å². The number of benzene rings is 2. The van der Waals surface area contributed by atoms with E-state index in [1.54, 1.807) is 36.5 Å². The molecule has 0 amide bonds. The highest BCUT2D eigenvalue weighted by Gasteiger charge is 2.17. The van der Waals surface area contributed by atoms with Crippen molar-refractivity contribution in [2.75, 3.05) is 7.11 Å². The van der Waals surface area contributed by atoms with Crippen LogP contribution in [0, 0.1) is 5.82 Å². The van der Waals surface area contributed by atoms with Gasteiger partial charge in [-0.1, -0.05) is 12.1 Å². The molecule has 100 valence electrons. The van der Waals surface area contributed by atoms with Crippen molar-refractivity contribution in [1.29, 1.82) is 0 Å². The first-order chi connectivity index (χ1) is 9.70. The summed E-state index contributed by atoms with van der Waals surface area (Å²) in [6.07, 6.45) is 1.60. The maximum Gasteiger partial charge on any atom is 0.198 e. The molecule has 3 aromatic rings. The molecule has 0 atom stereocenters. The number of ketones is 1. The van der Waals surface area contributed by atoms with E-state index in [0.717, 1.165) is 5.52 Å². The van der Waals surface area contributed by atoms with Gasteiger partial charge < -0.3 is 9.72 Å². The average Bonchev–Trinajstić information content (AvgIpc) is 2.89. The van der Waals surface area contributed by atoms with Crippen LogP contribution in [0.4, 0.5) is 4.39 Å². The van der Waals surface area contributed by atoms with E-state index in [0.29, 0.717) is 22.3 Å². The van der Waals surface area contributed by atoms with Gasteiger partial charge in [-0.3, -0.25) is 4.79 Å². The fraction of sp³-hybridized carbons (Fsp3) is 0.0625. The summed E-state index contributed by atoms with van der Waals surface area (Å²) in [6.45, 7) is 0. The van der Waals surface area contributed by atoms with Crippen LogP contribution in [0.2, 0.25) is 0 Å². The minimum absolute atomic E-state index is 0.195. The first kappa shape index (κ1) is 12.4. The van der Waals surface area contributed by atoms with Gasteiger partial charge in [-0.05, 0) is 30.3 Å². The van der Waals surface area contributed by atoms with E-state index < -0.39 is 0 Å². The summed E-state index contributed by atoms with van der Waals surface area (Å²) in [4.78, 5) is 15.6. The number of rotatable bonds is 3. The Morgan fingerprint density at radius 3 is 2.75 bits per heavy atom. The second-order valence-corrected chi connectivity index (χ2v) is 4.42. The Bertz CT molecular complexity index is 792. The molecule has 0 saturated heterocycles. The van der Waals surface area contributed by atoms with Crippen molar-refractivity contribution < 1.29 is 13.9 Å². The van der Waals surface area contributed by atoms with E-state index in [4.69, 9.17) is 4.74 Å². The third-order valence-corrected chi connectivity index (χ3v) is 3.24. The van der Waals surface area contributed by atoms with E-state index >= 15 is 0 Å². The Hall–Kier alpha value is -2.62. The lowest BCUT2D eigenvalue weighted by molar-refractivity contribution is 0.103. The standard InChI is InChI=1S/C16H12FNO2/c1-20-15-5-3-2-4-11(15)16(19)13-9-18-14-7-6-10(17)8-12(13)14/h2-9,18H,1H3. The summed E-state index contributed by atoms with van der Waals surface area (Å²) >= 11 is 0. The minimum Gasteiger partial charge on any atom is -0.496 e. The number of carbonyl (C=O) groups excluding carboxylic acids is 1. The molecule has 0 spiro atoms. The molecule has 1 N–H and O–H groups in total. The first-order valence-corrected chi connectivity index (χ1v) is 6.15. The van der Waals surface area contributed by atoms with Crippen LogP contribution >= 0.6 is 0 Å². The maximum absolute atomic E-state index is 13.4. The number of aromatic nitrogens is 1. The monoisotopic (exact) mass is 269 g/mol. The average molecular weight is 269 g/mol. The van der Waals surface area contributed by atoms with Crippen molar-refractivity contribution >= 4 is 16.7 Å². The van der Waals surface area contributed by atoms with E-state index in [1.807, 2.05) is 0 Å². The molecular formula is C16H12FNO2. The van der Waals surface area contributed by atoms with Crippen molar-refractivity contribution in [3.8, 4) is 5.75 Å². The number of carbonyl (C=O) groups is 1. The van der Waals surface area contributed by atoms with Gasteiger partial charge in [-0.2, -0.15) is 0 Å². The molecule has 0 aliphatic rings. The molecule has 0 fully saturated rings. The van der Waals surface area contributed by atoms with Crippen LogP contribution in [0.1, 0.15) is 15.9 Å². The zero-order chi connectivity index (χ0) is 14.1. The molecule has 0 radical (unpaired) electrons. The first-order valence-electron chi connectivity index (χ1n) is 6.15. The van der Waals surface area contributed by atoms with Crippen molar-refractivity contribution in [1.82, 2.24) is 4.98 Å². The third kappa shape index (κ3) is 1.95. The molecule has 1 aromatic heterocycles. The summed E-state index contributed by atoms with van der Waals surface area (Å²) in [7, 11) is 1.51. The Morgan fingerprint density at radius 1 is 1.15 bits per heavy atom. The molecule has 0 aliphatic carbocycles. The SMILES string of the molecule is COc1ccccc1C(=O)c1c[nH]c2ccc(F)cc12. The molecule has 3 rings (SSSR count). The number of ether oxygens (including phenoxy) is 1. The van der Waals surface area contributed by atoms with Gasteiger partial charge in [0, 0.05) is 22.7 Å². The van der Waals surface area contributed by atoms with Crippen molar-refractivity contribution in [2.45, 2.75) is 0 Å². The zero-order valence-electron chi connectivity index (χ0n) is 10.8. The van der Waals surface area contributed by atoms with Gasteiger partial charge in [0.1, 0.15) is 11.6 Å². The summed E-state index contributed by atoms with van der Waals surface area (Å²) in [5.74, 6) is -0.0614. The van der Waals surface area contributed by atoms with E-state index in [9.17, 15) is 9.18 Å². The smallest absolute Gasteiger partial charge is 0.198 e. The molecule has 0 bridgehead atoms. The Labute approximate surface area is 115 Å². The highest BCUT2D eigenvalue weighted by Crippen LogP contribution is 2.26. The molecule has 4 heteroatoms. The molecular weight excluding hydrogens is 257 g/mol. The Kier molecular flexibility index (Phi) is 2.99. The third-order valence-electron chi connectivity index (χ3n) is 3.24. The molecule has 0 unspecified atom stereocenters. The molecule has 1 heterocycles. The fourth-order valence-corrected chi connectivity index (χ4v) is 2.26. The normalized spacial score (nSPS) is 10.7. The molecule has 3 nitrogen and oxygen atoms in total. The summed E-state index contributed by atoms with van der Waals surface area (Å²) in [5.41, 5.74) is 1.62. The Morgan fingerprint density at radius 2 is 1.95 bits per heavy atom. The second kappa shape index (κ2) is 4.81. The molecule has 0 aliphatic heterocycles. The van der Waals surface area contributed by atoms with Crippen LogP contribution in [-0.2, 0) is 0 Å². The fourth-order valence-electron chi connectivity index (χ4n) is 2.26. The van der Waals surface area contributed by atoms with E-state index in [2.05, 4.69) is 4.98 Å². The Balaban J connectivity index is 2.15. The second-order valence-electron chi connectivity index (χ2n) is 4.42.